The maximum absolute atomic E-state index is 14.8. The quantitative estimate of drug-likeness (QED) is 0.196. The molecule has 8 rings (SSSR count). The molecule has 302 valence electrons. The molecular formula is C41H46FN5O9S. The van der Waals surface area contributed by atoms with Gasteiger partial charge in [0, 0.05) is 23.1 Å². The Hall–Kier alpha value is -5.25. The van der Waals surface area contributed by atoms with Crippen LogP contribution in [0.25, 0.3) is 33.0 Å². The van der Waals surface area contributed by atoms with Crippen molar-refractivity contribution in [3.63, 3.8) is 0 Å². The Morgan fingerprint density at radius 2 is 1.89 bits per heavy atom. The minimum absolute atomic E-state index is 0.0540. The van der Waals surface area contributed by atoms with Crippen molar-refractivity contribution in [2.45, 2.75) is 101 Å². The van der Waals surface area contributed by atoms with E-state index >= 15 is 0 Å². The molecule has 1 saturated heterocycles. The number of benzene rings is 2. The molecule has 16 heteroatoms. The van der Waals surface area contributed by atoms with Crippen molar-refractivity contribution in [3.05, 3.63) is 60.4 Å². The van der Waals surface area contributed by atoms with Gasteiger partial charge in [0.2, 0.25) is 21.8 Å². The zero-order valence-electron chi connectivity index (χ0n) is 31.8. The smallest absolute Gasteiger partial charge is 0.407 e. The van der Waals surface area contributed by atoms with Crippen LogP contribution < -0.4 is 20.1 Å². The summed E-state index contributed by atoms with van der Waals surface area (Å²) < 4.78 is 61.0. The molecule has 3 N–H and O–H groups in total. The van der Waals surface area contributed by atoms with Gasteiger partial charge in [0.25, 0.3) is 5.91 Å². The third kappa shape index (κ3) is 7.88. The van der Waals surface area contributed by atoms with Crippen LogP contribution >= 0.6 is 0 Å². The summed E-state index contributed by atoms with van der Waals surface area (Å²) in [6.45, 7) is 3.81. The molecule has 57 heavy (non-hydrogen) atoms. The molecule has 2 aliphatic heterocycles. The number of allylic oxidation sites excluding steroid dienone is 1. The van der Waals surface area contributed by atoms with Crippen molar-refractivity contribution in [2.75, 3.05) is 13.2 Å². The molecule has 14 nitrogen and oxygen atoms in total. The van der Waals surface area contributed by atoms with Crippen molar-refractivity contribution in [1.82, 2.24) is 25.2 Å². The van der Waals surface area contributed by atoms with Crippen LogP contribution in [0, 0.1) is 17.7 Å². The Balaban J connectivity index is 1.15. The summed E-state index contributed by atoms with van der Waals surface area (Å²) in [5, 5.41) is 5.98. The van der Waals surface area contributed by atoms with Crippen LogP contribution in [-0.2, 0) is 29.1 Å². The first-order valence-electron chi connectivity index (χ1n) is 19.7. The van der Waals surface area contributed by atoms with Gasteiger partial charge in [-0.05, 0) is 74.8 Å². The Morgan fingerprint density at radius 1 is 1.09 bits per heavy atom. The van der Waals surface area contributed by atoms with Gasteiger partial charge in [0.15, 0.2) is 11.3 Å². The van der Waals surface area contributed by atoms with Gasteiger partial charge in [-0.2, -0.15) is 0 Å². The monoisotopic (exact) mass is 803 g/mol. The molecule has 4 aliphatic rings. The number of ether oxygens (including phenoxy) is 2. The molecule has 2 aromatic carbocycles. The van der Waals surface area contributed by atoms with E-state index < -0.39 is 74.5 Å². The SMILES string of the molecule is CC(C)COC(=O)N[C@H]1CCCCCC=C[C@@H]2C[C@@]2(C(=O)NS(=O)(=O)C2CC2)NC(=O)[C@@H]2C[C@@H](Oc3c4cc(F)ccc4nc4c3oc3ccccc34)CN2C1=O. The maximum Gasteiger partial charge on any atom is 0.407 e. The van der Waals surface area contributed by atoms with E-state index in [2.05, 4.69) is 15.4 Å². The number of nitrogens with zero attached hydrogens (tertiary/aromatic N) is 2. The summed E-state index contributed by atoms with van der Waals surface area (Å²) in [5.74, 6) is -2.80. The Labute approximate surface area is 328 Å². The lowest BCUT2D eigenvalue weighted by molar-refractivity contribution is -0.141. The number of furan rings is 1. The van der Waals surface area contributed by atoms with Crippen molar-refractivity contribution < 1.29 is 45.9 Å². The highest BCUT2D eigenvalue weighted by atomic mass is 32.2. The van der Waals surface area contributed by atoms with Gasteiger partial charge in [-0.15, -0.1) is 0 Å². The number of alkyl carbamates (subject to hydrolysis) is 1. The lowest BCUT2D eigenvalue weighted by atomic mass is 10.0. The van der Waals surface area contributed by atoms with Crippen molar-refractivity contribution in [1.29, 1.82) is 0 Å². The summed E-state index contributed by atoms with van der Waals surface area (Å²) >= 11 is 0. The molecule has 3 fully saturated rings. The molecule has 4 amide bonds. The number of carbonyl (C=O) groups is 4. The number of carbonyl (C=O) groups excluding carboxylic acids is 4. The predicted molar refractivity (Wildman–Crippen MR) is 208 cm³/mol. The lowest BCUT2D eigenvalue weighted by Crippen LogP contribution is -2.58. The molecule has 4 aromatic rings. The van der Waals surface area contributed by atoms with Crippen LogP contribution in [-0.4, -0.2) is 84.2 Å². The minimum Gasteiger partial charge on any atom is -0.484 e. The average Bonchev–Trinajstić information content (AvgIpc) is 4.08. The van der Waals surface area contributed by atoms with Gasteiger partial charge in [0.1, 0.15) is 40.6 Å². The Bertz CT molecular complexity index is 2400. The van der Waals surface area contributed by atoms with E-state index in [1.54, 1.807) is 6.07 Å². The molecule has 0 radical (unpaired) electrons. The summed E-state index contributed by atoms with van der Waals surface area (Å²) in [7, 11) is -3.93. The first-order chi connectivity index (χ1) is 27.3. The van der Waals surface area contributed by atoms with Crippen molar-refractivity contribution in [2.24, 2.45) is 11.8 Å². The van der Waals surface area contributed by atoms with Crippen molar-refractivity contribution >= 4 is 66.8 Å². The predicted octanol–water partition coefficient (Wildman–Crippen LogP) is 5.38. The number of hydrogen-bond acceptors (Lipinski definition) is 10. The first kappa shape index (κ1) is 38.6. The topological polar surface area (TPSA) is 186 Å². The minimum atomic E-state index is -3.93. The summed E-state index contributed by atoms with van der Waals surface area (Å²) in [6.07, 6.45) is 6.21. The molecule has 0 unspecified atom stereocenters. The number of aromatic nitrogens is 1. The van der Waals surface area contributed by atoms with E-state index in [9.17, 15) is 32.0 Å². The van der Waals surface area contributed by atoms with E-state index in [1.165, 1.54) is 23.1 Å². The molecule has 2 aliphatic carbocycles. The number of hydrogen-bond donors (Lipinski definition) is 3. The van der Waals surface area contributed by atoms with Crippen LogP contribution in [0.5, 0.6) is 5.75 Å². The van der Waals surface area contributed by atoms with Gasteiger partial charge < -0.3 is 29.4 Å². The number of nitrogens with one attached hydrogen (secondary N) is 3. The van der Waals surface area contributed by atoms with E-state index in [1.807, 2.05) is 44.2 Å². The van der Waals surface area contributed by atoms with Gasteiger partial charge in [-0.1, -0.05) is 51.0 Å². The largest absolute Gasteiger partial charge is 0.484 e. The fourth-order valence-electron chi connectivity index (χ4n) is 7.88. The van der Waals surface area contributed by atoms with E-state index in [0.29, 0.717) is 47.7 Å². The number of para-hydroxylation sites is 1. The summed E-state index contributed by atoms with van der Waals surface area (Å²) in [4.78, 5) is 62.0. The van der Waals surface area contributed by atoms with Crippen LogP contribution in [0.2, 0.25) is 0 Å². The number of fused-ring (bicyclic) bond motifs is 6. The fraction of sp³-hybridized carbons (Fsp3) is 0.488. The molecule has 0 bridgehead atoms. The highest BCUT2D eigenvalue weighted by Gasteiger charge is 2.62. The first-order valence-corrected chi connectivity index (χ1v) is 21.2. The summed E-state index contributed by atoms with van der Waals surface area (Å²) in [6, 6.07) is 9.17. The van der Waals surface area contributed by atoms with Gasteiger partial charge in [0.05, 0.1) is 23.9 Å². The number of sulfonamides is 1. The van der Waals surface area contributed by atoms with E-state index in [-0.39, 0.29) is 49.7 Å². The highest BCUT2D eigenvalue weighted by Crippen LogP contribution is 2.46. The standard InChI is InChI=1S/C41H46FN5O9S/c1-23(2)22-54-40(51)44-31-12-7-5-3-4-6-10-24-20-41(24,39(50)46-57(52,53)27-15-16-27)45-37(48)32-19-26(21-47(32)38(31)49)55-35-29-18-25(42)14-17-30(29)43-34-28-11-8-9-13-33(28)56-36(34)35/h6,8-11,13-14,17-18,23-24,26-27,31-32H,3-5,7,12,15-16,19-22H2,1-2H3,(H,44,51)(H,45,48)(H,46,50)/t24-,26-,31+,32+,41-/m1/s1. The summed E-state index contributed by atoms with van der Waals surface area (Å²) in [5.41, 5.74) is 0.182. The lowest BCUT2D eigenvalue weighted by Gasteiger charge is -2.29. The number of pyridine rings is 1. The third-order valence-corrected chi connectivity index (χ3v) is 13.0. The normalized spacial score (nSPS) is 25.7. The molecule has 0 spiro atoms. The van der Waals surface area contributed by atoms with Gasteiger partial charge >= 0.3 is 6.09 Å². The highest BCUT2D eigenvalue weighted by molar-refractivity contribution is 7.91. The molecule has 4 heterocycles. The third-order valence-electron chi connectivity index (χ3n) is 11.2. The van der Waals surface area contributed by atoms with E-state index in [4.69, 9.17) is 18.9 Å². The second-order valence-electron chi connectivity index (χ2n) is 16.1. The second kappa shape index (κ2) is 15.3. The number of amides is 4. The molecule has 2 aromatic heterocycles. The average molecular weight is 804 g/mol. The molecule has 5 atom stereocenters. The number of halogens is 1. The fourth-order valence-corrected chi connectivity index (χ4v) is 9.25. The van der Waals surface area contributed by atoms with E-state index in [0.717, 1.165) is 18.2 Å². The zero-order chi connectivity index (χ0) is 40.1. The Morgan fingerprint density at radius 3 is 2.68 bits per heavy atom. The number of rotatable bonds is 8. The van der Waals surface area contributed by atoms with Gasteiger partial charge in [-0.3, -0.25) is 19.1 Å². The molecular weight excluding hydrogens is 758 g/mol. The van der Waals surface area contributed by atoms with Crippen LogP contribution in [0.4, 0.5) is 9.18 Å². The molecule has 2 saturated carbocycles. The van der Waals surface area contributed by atoms with Gasteiger partial charge in [-0.25, -0.2) is 22.6 Å². The van der Waals surface area contributed by atoms with Crippen LogP contribution in [0.1, 0.15) is 71.6 Å². The van der Waals surface area contributed by atoms with Crippen LogP contribution in [0.3, 0.4) is 0 Å². The zero-order valence-corrected chi connectivity index (χ0v) is 32.6. The Kier molecular flexibility index (Phi) is 10.3. The second-order valence-corrected chi connectivity index (χ2v) is 18.0. The van der Waals surface area contributed by atoms with Crippen LogP contribution in [0.15, 0.2) is 59.0 Å². The van der Waals surface area contributed by atoms with Crippen molar-refractivity contribution in [3.8, 4) is 5.75 Å². The maximum atomic E-state index is 14.8.